The molecule has 2 aliphatic rings. The van der Waals surface area contributed by atoms with Gasteiger partial charge in [0.2, 0.25) is 5.91 Å². The van der Waals surface area contributed by atoms with Gasteiger partial charge in [-0.25, -0.2) is 0 Å². The molecule has 3 nitrogen and oxygen atoms in total. The van der Waals surface area contributed by atoms with Gasteiger partial charge < -0.3 is 10.2 Å². The Balaban J connectivity index is 1.95. The largest absolute Gasteiger partial charge is 0.337 e. The Labute approximate surface area is 84.3 Å². The lowest BCUT2D eigenvalue weighted by Crippen LogP contribution is -2.46. The second-order valence-electron chi connectivity index (χ2n) is 3.90. The molecule has 1 amide bonds. The Morgan fingerprint density at radius 2 is 2.38 bits per heavy atom. The lowest BCUT2D eigenvalue weighted by molar-refractivity contribution is -0.129. The van der Waals surface area contributed by atoms with Gasteiger partial charge in [-0.15, -0.1) is 0 Å². The molecular formula is C9H16N2OS. The first-order valence-corrected chi connectivity index (χ1v) is 5.47. The summed E-state index contributed by atoms with van der Waals surface area (Å²) in [7, 11) is 0. The van der Waals surface area contributed by atoms with E-state index in [9.17, 15) is 4.79 Å². The minimum atomic E-state index is 0.259. The molecule has 4 heteroatoms. The number of hydrogen-bond donors (Lipinski definition) is 2. The molecule has 2 heterocycles. The van der Waals surface area contributed by atoms with Crippen LogP contribution in [0.4, 0.5) is 0 Å². The van der Waals surface area contributed by atoms with E-state index in [-0.39, 0.29) is 11.2 Å². The fourth-order valence-corrected chi connectivity index (χ4v) is 2.50. The van der Waals surface area contributed by atoms with E-state index in [1.54, 1.807) is 0 Å². The molecule has 74 valence electrons. The highest BCUT2D eigenvalue weighted by molar-refractivity contribution is 7.81. The van der Waals surface area contributed by atoms with Gasteiger partial charge in [-0.1, -0.05) is 0 Å². The van der Waals surface area contributed by atoms with Crippen molar-refractivity contribution in [3.63, 3.8) is 0 Å². The molecule has 2 saturated heterocycles. The molecule has 0 aromatic carbocycles. The van der Waals surface area contributed by atoms with Gasteiger partial charge in [0.15, 0.2) is 0 Å². The van der Waals surface area contributed by atoms with Crippen molar-refractivity contribution in [1.29, 1.82) is 0 Å². The molecular weight excluding hydrogens is 184 g/mol. The molecule has 0 saturated carbocycles. The Morgan fingerprint density at radius 3 is 2.92 bits per heavy atom. The van der Waals surface area contributed by atoms with Crippen molar-refractivity contribution < 1.29 is 4.79 Å². The summed E-state index contributed by atoms with van der Waals surface area (Å²) in [4.78, 5) is 13.5. The van der Waals surface area contributed by atoms with E-state index < -0.39 is 0 Å². The zero-order valence-corrected chi connectivity index (χ0v) is 8.59. The highest BCUT2D eigenvalue weighted by Crippen LogP contribution is 2.21. The predicted molar refractivity (Wildman–Crippen MR) is 55.0 cm³/mol. The zero-order valence-electron chi connectivity index (χ0n) is 7.70. The summed E-state index contributed by atoms with van der Waals surface area (Å²) < 4.78 is 0. The van der Waals surface area contributed by atoms with Crippen LogP contribution in [0.15, 0.2) is 0 Å². The molecule has 2 atom stereocenters. The number of thiol groups is 1. The first kappa shape index (κ1) is 9.34. The average Bonchev–Trinajstić information content (AvgIpc) is 2.47. The molecule has 0 aromatic rings. The fourth-order valence-electron chi connectivity index (χ4n) is 2.16. The normalized spacial score (nSPS) is 35.5. The number of hydrogen-bond acceptors (Lipinski definition) is 3. The molecule has 0 radical (unpaired) electrons. The van der Waals surface area contributed by atoms with E-state index in [1.807, 2.05) is 4.90 Å². The predicted octanol–water partition coefficient (Wildman–Crippen LogP) is 0.269. The monoisotopic (exact) mass is 200 g/mol. The van der Waals surface area contributed by atoms with Crippen molar-refractivity contribution in [3.8, 4) is 0 Å². The third-order valence-corrected chi connectivity index (χ3v) is 3.20. The van der Waals surface area contributed by atoms with E-state index in [4.69, 9.17) is 0 Å². The fraction of sp³-hybridized carbons (Fsp3) is 0.889. The smallest absolute Gasteiger partial charge is 0.224 e. The van der Waals surface area contributed by atoms with Crippen LogP contribution in [0.25, 0.3) is 0 Å². The van der Waals surface area contributed by atoms with Crippen LogP contribution in [0.2, 0.25) is 0 Å². The molecule has 2 rings (SSSR count). The average molecular weight is 200 g/mol. The minimum Gasteiger partial charge on any atom is -0.337 e. The van der Waals surface area contributed by atoms with Gasteiger partial charge in [0.1, 0.15) is 0 Å². The van der Waals surface area contributed by atoms with E-state index >= 15 is 0 Å². The maximum atomic E-state index is 11.5. The van der Waals surface area contributed by atoms with Gasteiger partial charge in [0.25, 0.3) is 0 Å². The SMILES string of the molecule is O=C1CC(S)CN1C1CCCNC1. The molecule has 2 fully saturated rings. The molecule has 1 N–H and O–H groups in total. The number of piperidine rings is 1. The second kappa shape index (κ2) is 3.88. The van der Waals surface area contributed by atoms with Crippen molar-refractivity contribution in [2.75, 3.05) is 19.6 Å². The first-order chi connectivity index (χ1) is 6.27. The number of nitrogens with zero attached hydrogens (tertiary/aromatic N) is 1. The van der Waals surface area contributed by atoms with Crippen LogP contribution in [-0.2, 0) is 4.79 Å². The summed E-state index contributed by atoms with van der Waals surface area (Å²) in [5.41, 5.74) is 0. The third-order valence-electron chi connectivity index (χ3n) is 2.85. The maximum Gasteiger partial charge on any atom is 0.224 e. The van der Waals surface area contributed by atoms with Crippen LogP contribution in [0, 0.1) is 0 Å². The van der Waals surface area contributed by atoms with E-state index in [1.165, 1.54) is 6.42 Å². The summed E-state index contributed by atoms with van der Waals surface area (Å²) in [6.07, 6.45) is 2.96. The van der Waals surface area contributed by atoms with Gasteiger partial charge in [0, 0.05) is 30.8 Å². The van der Waals surface area contributed by atoms with Crippen molar-refractivity contribution >= 4 is 18.5 Å². The Bertz CT molecular complexity index is 204. The number of nitrogens with one attached hydrogen (secondary N) is 1. The molecule has 13 heavy (non-hydrogen) atoms. The van der Waals surface area contributed by atoms with Crippen LogP contribution < -0.4 is 5.32 Å². The zero-order chi connectivity index (χ0) is 9.26. The number of amides is 1. The summed E-state index contributed by atoms with van der Waals surface area (Å²) >= 11 is 4.35. The summed E-state index contributed by atoms with van der Waals surface area (Å²) in [6.45, 7) is 2.91. The van der Waals surface area contributed by atoms with Crippen molar-refractivity contribution in [2.24, 2.45) is 0 Å². The van der Waals surface area contributed by atoms with Crippen molar-refractivity contribution in [2.45, 2.75) is 30.6 Å². The molecule has 0 aromatic heterocycles. The van der Waals surface area contributed by atoms with Gasteiger partial charge in [-0.3, -0.25) is 4.79 Å². The third kappa shape index (κ3) is 1.99. The van der Waals surface area contributed by atoms with E-state index in [0.29, 0.717) is 12.5 Å². The molecule has 0 bridgehead atoms. The number of carbonyl (C=O) groups excluding carboxylic acids is 1. The molecule has 2 unspecified atom stereocenters. The molecule has 0 spiro atoms. The van der Waals surface area contributed by atoms with Gasteiger partial charge in [0.05, 0.1) is 0 Å². The summed E-state index contributed by atoms with van der Waals surface area (Å²) in [5.74, 6) is 0.286. The van der Waals surface area contributed by atoms with Crippen LogP contribution in [0.5, 0.6) is 0 Å². The highest BCUT2D eigenvalue weighted by Gasteiger charge is 2.32. The first-order valence-electron chi connectivity index (χ1n) is 4.95. The topological polar surface area (TPSA) is 32.3 Å². The summed E-state index contributed by atoms with van der Waals surface area (Å²) in [6, 6.07) is 0.429. The van der Waals surface area contributed by atoms with Gasteiger partial charge >= 0.3 is 0 Å². The summed E-state index contributed by atoms with van der Waals surface area (Å²) in [5, 5.41) is 3.59. The minimum absolute atomic E-state index is 0.259. The van der Waals surface area contributed by atoms with Crippen LogP contribution >= 0.6 is 12.6 Å². The second-order valence-corrected chi connectivity index (χ2v) is 4.63. The Hall–Kier alpha value is -0.220. The standard InChI is InChI=1S/C9H16N2OS/c12-9-4-8(13)6-11(9)7-2-1-3-10-5-7/h7-8,10,13H,1-6H2. The number of carbonyl (C=O) groups is 1. The maximum absolute atomic E-state index is 11.5. The van der Waals surface area contributed by atoms with Crippen LogP contribution in [0.1, 0.15) is 19.3 Å². The number of rotatable bonds is 1. The van der Waals surface area contributed by atoms with Crippen molar-refractivity contribution in [3.05, 3.63) is 0 Å². The number of likely N-dealkylation sites (tertiary alicyclic amines) is 1. The van der Waals surface area contributed by atoms with E-state index in [2.05, 4.69) is 17.9 Å². The molecule has 0 aliphatic carbocycles. The highest BCUT2D eigenvalue weighted by atomic mass is 32.1. The quantitative estimate of drug-likeness (QED) is 0.596. The van der Waals surface area contributed by atoms with Crippen LogP contribution in [0.3, 0.4) is 0 Å². The molecule has 2 aliphatic heterocycles. The van der Waals surface area contributed by atoms with Gasteiger partial charge in [-0.2, -0.15) is 12.6 Å². The lowest BCUT2D eigenvalue weighted by atomic mass is 10.1. The van der Waals surface area contributed by atoms with Crippen LogP contribution in [-0.4, -0.2) is 41.7 Å². The van der Waals surface area contributed by atoms with Gasteiger partial charge in [-0.05, 0) is 19.4 Å². The lowest BCUT2D eigenvalue weighted by Gasteiger charge is -2.31. The Morgan fingerprint density at radius 1 is 1.54 bits per heavy atom. The van der Waals surface area contributed by atoms with E-state index in [0.717, 1.165) is 26.1 Å². The van der Waals surface area contributed by atoms with Crippen molar-refractivity contribution in [1.82, 2.24) is 10.2 Å². The Kier molecular flexibility index (Phi) is 2.79.